The van der Waals surface area contributed by atoms with Crippen molar-refractivity contribution >= 4 is 11.4 Å². The Kier molecular flexibility index (Phi) is 4.73. The zero-order valence-electron chi connectivity index (χ0n) is 12.8. The lowest BCUT2D eigenvalue weighted by atomic mass is 9.73. The first-order chi connectivity index (χ1) is 9.13. The van der Waals surface area contributed by atoms with Gasteiger partial charge in [0.1, 0.15) is 0 Å². The van der Waals surface area contributed by atoms with E-state index in [-0.39, 0.29) is 0 Å². The van der Waals surface area contributed by atoms with E-state index >= 15 is 0 Å². The van der Waals surface area contributed by atoms with Gasteiger partial charge in [-0.25, -0.2) is 0 Å². The first-order valence-electron chi connectivity index (χ1n) is 7.75. The number of rotatable bonds is 6. The second-order valence-electron chi connectivity index (χ2n) is 6.04. The van der Waals surface area contributed by atoms with E-state index in [1.807, 2.05) is 0 Å². The molecule has 0 heterocycles. The zero-order chi connectivity index (χ0) is 13.8. The van der Waals surface area contributed by atoms with Crippen molar-refractivity contribution in [1.29, 1.82) is 0 Å². The first kappa shape index (κ1) is 14.2. The van der Waals surface area contributed by atoms with Crippen molar-refractivity contribution in [1.82, 2.24) is 0 Å². The van der Waals surface area contributed by atoms with Crippen molar-refractivity contribution < 1.29 is 0 Å². The van der Waals surface area contributed by atoms with Gasteiger partial charge >= 0.3 is 0 Å². The van der Waals surface area contributed by atoms with Crippen LogP contribution in [-0.4, -0.2) is 19.1 Å². The van der Waals surface area contributed by atoms with E-state index in [0.29, 0.717) is 6.04 Å². The Morgan fingerprint density at radius 1 is 1.11 bits per heavy atom. The topological polar surface area (TPSA) is 15.3 Å². The summed E-state index contributed by atoms with van der Waals surface area (Å²) >= 11 is 0. The van der Waals surface area contributed by atoms with Gasteiger partial charge in [0.05, 0.1) is 0 Å². The molecule has 1 aliphatic carbocycles. The smallest absolute Gasteiger partial charge is 0.0367 e. The van der Waals surface area contributed by atoms with Crippen molar-refractivity contribution in [2.45, 2.75) is 46.6 Å². The minimum atomic E-state index is 0.687. The summed E-state index contributed by atoms with van der Waals surface area (Å²) in [6, 6.07) is 9.58. The van der Waals surface area contributed by atoms with Crippen molar-refractivity contribution in [2.24, 2.45) is 11.8 Å². The molecule has 0 aliphatic heterocycles. The van der Waals surface area contributed by atoms with Gasteiger partial charge in [-0.05, 0) is 62.8 Å². The Balaban J connectivity index is 1.86. The fourth-order valence-corrected chi connectivity index (χ4v) is 2.92. The average Bonchev–Trinajstić information content (AvgIpc) is 2.36. The fourth-order valence-electron chi connectivity index (χ4n) is 2.92. The van der Waals surface area contributed by atoms with Crippen LogP contribution in [0.1, 0.15) is 40.5 Å². The Morgan fingerprint density at radius 3 is 2.16 bits per heavy atom. The molecule has 19 heavy (non-hydrogen) atoms. The van der Waals surface area contributed by atoms with Crippen LogP contribution in [0.5, 0.6) is 0 Å². The molecule has 0 spiro atoms. The van der Waals surface area contributed by atoms with Crippen LogP contribution in [0, 0.1) is 11.8 Å². The number of anilines is 2. The summed E-state index contributed by atoms with van der Waals surface area (Å²) in [6.45, 7) is 11.2. The number of hydrogen-bond acceptors (Lipinski definition) is 2. The van der Waals surface area contributed by atoms with Gasteiger partial charge in [0, 0.05) is 30.5 Å². The molecule has 1 N–H and O–H groups in total. The van der Waals surface area contributed by atoms with Gasteiger partial charge in [-0.2, -0.15) is 0 Å². The lowest BCUT2D eigenvalue weighted by Gasteiger charge is -2.39. The van der Waals surface area contributed by atoms with Crippen LogP contribution < -0.4 is 10.2 Å². The van der Waals surface area contributed by atoms with E-state index in [1.54, 1.807) is 0 Å². The monoisotopic (exact) mass is 260 g/mol. The van der Waals surface area contributed by atoms with Gasteiger partial charge in [0.25, 0.3) is 0 Å². The van der Waals surface area contributed by atoms with Gasteiger partial charge in [0.2, 0.25) is 0 Å². The van der Waals surface area contributed by atoms with Gasteiger partial charge in [-0.15, -0.1) is 0 Å². The summed E-state index contributed by atoms with van der Waals surface area (Å²) in [7, 11) is 0. The van der Waals surface area contributed by atoms with Crippen molar-refractivity contribution in [3.8, 4) is 0 Å². The molecule has 0 aromatic heterocycles. The highest BCUT2D eigenvalue weighted by atomic mass is 15.1. The standard InChI is InChI=1S/C17H28N2/c1-5-19(6-2)17-9-7-15(8-10-17)18-16-11-14(12-16)13(3)4/h7-10,13-14,16,18H,5-6,11-12H2,1-4H3. The minimum absolute atomic E-state index is 0.687. The highest BCUT2D eigenvalue weighted by Crippen LogP contribution is 2.35. The Morgan fingerprint density at radius 2 is 1.68 bits per heavy atom. The van der Waals surface area contributed by atoms with Crippen LogP contribution in [0.2, 0.25) is 0 Å². The largest absolute Gasteiger partial charge is 0.382 e. The first-order valence-corrected chi connectivity index (χ1v) is 7.75. The Hall–Kier alpha value is -1.18. The van der Waals surface area contributed by atoms with Gasteiger partial charge < -0.3 is 10.2 Å². The van der Waals surface area contributed by atoms with Crippen molar-refractivity contribution in [2.75, 3.05) is 23.3 Å². The van der Waals surface area contributed by atoms with Crippen LogP contribution in [-0.2, 0) is 0 Å². The molecule has 0 unspecified atom stereocenters. The predicted molar refractivity (Wildman–Crippen MR) is 85.0 cm³/mol. The highest BCUT2D eigenvalue weighted by molar-refractivity contribution is 5.55. The third-order valence-electron chi connectivity index (χ3n) is 4.48. The summed E-state index contributed by atoms with van der Waals surface area (Å²) in [5.74, 6) is 1.76. The molecule has 1 fully saturated rings. The number of hydrogen-bond donors (Lipinski definition) is 1. The molecule has 2 rings (SSSR count). The van der Waals surface area contributed by atoms with Crippen molar-refractivity contribution in [3.63, 3.8) is 0 Å². The maximum atomic E-state index is 3.65. The summed E-state index contributed by atoms with van der Waals surface area (Å²) in [4.78, 5) is 2.38. The molecule has 0 saturated heterocycles. The maximum Gasteiger partial charge on any atom is 0.0367 e. The third kappa shape index (κ3) is 3.43. The lowest BCUT2D eigenvalue weighted by molar-refractivity contribution is 0.212. The van der Waals surface area contributed by atoms with Crippen LogP contribution in [0.25, 0.3) is 0 Å². The summed E-state index contributed by atoms with van der Waals surface area (Å²) in [5.41, 5.74) is 2.59. The van der Waals surface area contributed by atoms with Crippen LogP contribution in [0.15, 0.2) is 24.3 Å². The third-order valence-corrected chi connectivity index (χ3v) is 4.48. The molecule has 2 heteroatoms. The minimum Gasteiger partial charge on any atom is -0.382 e. The van der Waals surface area contributed by atoms with E-state index in [4.69, 9.17) is 0 Å². The van der Waals surface area contributed by atoms with Gasteiger partial charge in [0.15, 0.2) is 0 Å². The van der Waals surface area contributed by atoms with E-state index in [1.165, 1.54) is 24.2 Å². The van der Waals surface area contributed by atoms with Crippen LogP contribution >= 0.6 is 0 Å². The summed E-state index contributed by atoms with van der Waals surface area (Å²) in [6.07, 6.45) is 2.66. The molecular formula is C17H28N2. The number of nitrogens with zero attached hydrogens (tertiary/aromatic N) is 1. The lowest BCUT2D eigenvalue weighted by Crippen LogP contribution is -2.37. The van der Waals surface area contributed by atoms with E-state index in [2.05, 4.69) is 62.2 Å². The highest BCUT2D eigenvalue weighted by Gasteiger charge is 2.30. The Labute approximate surface area is 118 Å². The second kappa shape index (κ2) is 6.31. The molecule has 1 saturated carbocycles. The van der Waals surface area contributed by atoms with Crippen LogP contribution in [0.4, 0.5) is 11.4 Å². The number of nitrogens with one attached hydrogen (secondary N) is 1. The molecule has 0 bridgehead atoms. The predicted octanol–water partition coefficient (Wildman–Crippen LogP) is 4.38. The quantitative estimate of drug-likeness (QED) is 0.816. The molecule has 1 aliphatic rings. The summed E-state index contributed by atoms with van der Waals surface area (Å²) in [5, 5.41) is 3.65. The van der Waals surface area contributed by atoms with E-state index in [0.717, 1.165) is 24.9 Å². The summed E-state index contributed by atoms with van der Waals surface area (Å²) < 4.78 is 0. The SMILES string of the molecule is CCN(CC)c1ccc(NC2CC(C(C)C)C2)cc1. The molecule has 2 nitrogen and oxygen atoms in total. The Bertz CT molecular complexity index is 373. The van der Waals surface area contributed by atoms with Gasteiger partial charge in [-0.1, -0.05) is 13.8 Å². The molecule has 1 aromatic rings. The van der Waals surface area contributed by atoms with E-state index in [9.17, 15) is 0 Å². The fraction of sp³-hybridized carbons (Fsp3) is 0.647. The number of benzene rings is 1. The molecule has 0 atom stereocenters. The second-order valence-corrected chi connectivity index (χ2v) is 6.04. The average molecular weight is 260 g/mol. The van der Waals surface area contributed by atoms with Crippen molar-refractivity contribution in [3.05, 3.63) is 24.3 Å². The normalized spacial score (nSPS) is 22.2. The van der Waals surface area contributed by atoms with E-state index < -0.39 is 0 Å². The maximum absolute atomic E-state index is 3.65. The molecular weight excluding hydrogens is 232 g/mol. The molecule has 0 amide bonds. The molecule has 1 aromatic carbocycles. The zero-order valence-corrected chi connectivity index (χ0v) is 12.8. The van der Waals surface area contributed by atoms with Gasteiger partial charge in [-0.3, -0.25) is 0 Å². The van der Waals surface area contributed by atoms with Crippen LogP contribution in [0.3, 0.4) is 0 Å². The molecule has 0 radical (unpaired) electrons. The molecule has 106 valence electrons.